The number of hydrogen-bond acceptors (Lipinski definition) is 3. The molecule has 4 heteroatoms. The Morgan fingerprint density at radius 3 is 2.73 bits per heavy atom. The first kappa shape index (κ1) is 10.7. The zero-order valence-electron chi connectivity index (χ0n) is 8.91. The quantitative estimate of drug-likeness (QED) is 0.787. The molecule has 0 bridgehead atoms. The molecule has 0 saturated heterocycles. The first-order chi connectivity index (χ1) is 7.27. The smallest absolute Gasteiger partial charge is 0.147 e. The van der Waals surface area contributed by atoms with Crippen molar-refractivity contribution in [3.63, 3.8) is 0 Å². The highest BCUT2D eigenvalue weighted by Gasteiger charge is 2.23. The van der Waals surface area contributed by atoms with Gasteiger partial charge in [0.2, 0.25) is 0 Å². The van der Waals surface area contributed by atoms with Crippen LogP contribution in [0, 0.1) is 6.92 Å². The molecule has 0 spiro atoms. The molecule has 0 aromatic carbocycles. The van der Waals surface area contributed by atoms with E-state index >= 15 is 0 Å². The highest BCUT2D eigenvalue weighted by atomic mass is 35.5. The summed E-state index contributed by atoms with van der Waals surface area (Å²) in [6, 6.07) is 0.343. The fourth-order valence-corrected chi connectivity index (χ4v) is 2.32. The maximum absolute atomic E-state index is 6.27. The first-order valence-corrected chi connectivity index (χ1v) is 5.89. The summed E-state index contributed by atoms with van der Waals surface area (Å²) in [5, 5.41) is 3.62. The molecule has 2 unspecified atom stereocenters. The minimum Gasteiger partial charge on any atom is -0.364 e. The molecule has 0 amide bonds. The van der Waals surface area contributed by atoms with Crippen molar-refractivity contribution in [1.29, 1.82) is 0 Å². The van der Waals surface area contributed by atoms with Crippen LogP contribution in [-0.4, -0.2) is 21.4 Å². The van der Waals surface area contributed by atoms with E-state index in [2.05, 4.69) is 15.3 Å². The molecular formula is C11H16ClN3. The second kappa shape index (κ2) is 4.79. The van der Waals surface area contributed by atoms with E-state index in [9.17, 15) is 0 Å². The van der Waals surface area contributed by atoms with Gasteiger partial charge in [-0.3, -0.25) is 4.98 Å². The molecule has 1 N–H and O–H groups in total. The summed E-state index contributed by atoms with van der Waals surface area (Å²) >= 11 is 6.27. The number of nitrogens with zero attached hydrogens (tertiary/aromatic N) is 2. The third-order valence-electron chi connectivity index (χ3n) is 2.88. The summed E-state index contributed by atoms with van der Waals surface area (Å²) in [6.45, 7) is 1.96. The number of halogens is 1. The molecule has 1 fully saturated rings. The van der Waals surface area contributed by atoms with Crippen LogP contribution in [0.3, 0.4) is 0 Å². The topological polar surface area (TPSA) is 37.8 Å². The van der Waals surface area contributed by atoms with Crippen LogP contribution in [-0.2, 0) is 0 Å². The van der Waals surface area contributed by atoms with Gasteiger partial charge in [0.25, 0.3) is 0 Å². The molecule has 3 nitrogen and oxygen atoms in total. The Morgan fingerprint density at radius 1 is 1.27 bits per heavy atom. The summed E-state index contributed by atoms with van der Waals surface area (Å²) in [4.78, 5) is 8.48. The summed E-state index contributed by atoms with van der Waals surface area (Å²) in [5.41, 5.74) is 0.937. The van der Waals surface area contributed by atoms with Crippen LogP contribution in [0.5, 0.6) is 0 Å². The van der Waals surface area contributed by atoms with E-state index in [1.165, 1.54) is 12.8 Å². The van der Waals surface area contributed by atoms with Crippen LogP contribution in [0.2, 0.25) is 0 Å². The van der Waals surface area contributed by atoms with Crippen LogP contribution in [0.25, 0.3) is 0 Å². The van der Waals surface area contributed by atoms with Crippen LogP contribution < -0.4 is 5.32 Å². The van der Waals surface area contributed by atoms with Crippen molar-refractivity contribution in [3.05, 3.63) is 18.1 Å². The van der Waals surface area contributed by atoms with Crippen LogP contribution in [0.15, 0.2) is 12.4 Å². The third-order valence-corrected chi connectivity index (χ3v) is 3.41. The molecule has 2 atom stereocenters. The van der Waals surface area contributed by atoms with E-state index in [1.54, 1.807) is 12.4 Å². The maximum atomic E-state index is 6.27. The van der Waals surface area contributed by atoms with Gasteiger partial charge in [0.05, 0.1) is 11.1 Å². The van der Waals surface area contributed by atoms with E-state index < -0.39 is 0 Å². The molecule has 2 rings (SSSR count). The zero-order chi connectivity index (χ0) is 10.7. The Balaban J connectivity index is 2.04. The average Bonchev–Trinajstić information content (AvgIpc) is 2.24. The molecule has 0 aliphatic heterocycles. The van der Waals surface area contributed by atoms with E-state index in [0.717, 1.165) is 24.4 Å². The van der Waals surface area contributed by atoms with Gasteiger partial charge in [-0.1, -0.05) is 12.8 Å². The largest absolute Gasteiger partial charge is 0.364 e. The van der Waals surface area contributed by atoms with Crippen LogP contribution >= 0.6 is 11.6 Å². The molecule has 1 aliphatic rings. The Bertz CT molecular complexity index is 329. The Labute approximate surface area is 95.3 Å². The monoisotopic (exact) mass is 225 g/mol. The number of aromatic nitrogens is 2. The van der Waals surface area contributed by atoms with Gasteiger partial charge in [-0.25, -0.2) is 4.98 Å². The third kappa shape index (κ3) is 2.59. The molecule has 1 aromatic rings. The Morgan fingerprint density at radius 2 is 2.00 bits per heavy atom. The normalized spacial score (nSPS) is 26.3. The standard InChI is InChI=1S/C11H16ClN3/c1-8-11(14-7-6-13-8)15-10-5-3-2-4-9(10)12/h6-7,9-10H,2-5H2,1H3,(H,14,15). The van der Waals surface area contributed by atoms with Gasteiger partial charge in [0.1, 0.15) is 5.82 Å². The summed E-state index contributed by atoms with van der Waals surface area (Å²) in [7, 11) is 0. The minimum atomic E-state index is 0.222. The number of alkyl halides is 1. The van der Waals surface area contributed by atoms with Gasteiger partial charge in [-0.15, -0.1) is 11.6 Å². The van der Waals surface area contributed by atoms with Crippen LogP contribution in [0.1, 0.15) is 31.4 Å². The molecule has 1 heterocycles. The van der Waals surface area contributed by atoms with Crippen LogP contribution in [0.4, 0.5) is 5.82 Å². The van der Waals surface area contributed by atoms with Crippen molar-refractivity contribution in [3.8, 4) is 0 Å². The molecular weight excluding hydrogens is 210 g/mol. The fourth-order valence-electron chi connectivity index (χ4n) is 1.97. The van der Waals surface area contributed by atoms with E-state index in [4.69, 9.17) is 11.6 Å². The van der Waals surface area contributed by atoms with Crippen molar-refractivity contribution in [2.24, 2.45) is 0 Å². The Hall–Kier alpha value is -0.830. The zero-order valence-corrected chi connectivity index (χ0v) is 9.67. The van der Waals surface area contributed by atoms with Crippen molar-refractivity contribution < 1.29 is 0 Å². The van der Waals surface area contributed by atoms with Crippen molar-refractivity contribution in [2.75, 3.05) is 5.32 Å². The van der Waals surface area contributed by atoms with Crippen molar-refractivity contribution in [2.45, 2.75) is 44.0 Å². The highest BCUT2D eigenvalue weighted by molar-refractivity contribution is 6.21. The van der Waals surface area contributed by atoms with Crippen molar-refractivity contribution in [1.82, 2.24) is 9.97 Å². The summed E-state index contributed by atoms with van der Waals surface area (Å²) in [6.07, 6.45) is 8.13. The number of nitrogens with one attached hydrogen (secondary N) is 1. The summed E-state index contributed by atoms with van der Waals surface area (Å²) < 4.78 is 0. The van der Waals surface area contributed by atoms with Gasteiger partial charge < -0.3 is 5.32 Å². The number of aryl methyl sites for hydroxylation is 1. The van der Waals surface area contributed by atoms with Gasteiger partial charge in [0.15, 0.2) is 0 Å². The first-order valence-electron chi connectivity index (χ1n) is 5.45. The van der Waals surface area contributed by atoms with Gasteiger partial charge in [-0.2, -0.15) is 0 Å². The van der Waals surface area contributed by atoms with Crippen molar-refractivity contribution >= 4 is 17.4 Å². The number of hydrogen-bond donors (Lipinski definition) is 1. The lowest BCUT2D eigenvalue weighted by atomic mass is 9.95. The number of anilines is 1. The molecule has 1 saturated carbocycles. The van der Waals surface area contributed by atoms with E-state index in [0.29, 0.717) is 6.04 Å². The molecule has 0 radical (unpaired) electrons. The highest BCUT2D eigenvalue weighted by Crippen LogP contribution is 2.25. The molecule has 15 heavy (non-hydrogen) atoms. The fraction of sp³-hybridized carbons (Fsp3) is 0.636. The molecule has 1 aliphatic carbocycles. The minimum absolute atomic E-state index is 0.222. The lowest BCUT2D eigenvalue weighted by Gasteiger charge is -2.28. The predicted octanol–water partition coefficient (Wildman–Crippen LogP) is 2.75. The maximum Gasteiger partial charge on any atom is 0.147 e. The molecule has 82 valence electrons. The lowest BCUT2D eigenvalue weighted by molar-refractivity contribution is 0.468. The summed E-state index contributed by atoms with van der Waals surface area (Å²) in [5.74, 6) is 0.870. The average molecular weight is 226 g/mol. The second-order valence-electron chi connectivity index (χ2n) is 4.04. The SMILES string of the molecule is Cc1nccnc1NC1CCCCC1Cl. The number of rotatable bonds is 2. The second-order valence-corrected chi connectivity index (χ2v) is 4.60. The van der Waals surface area contributed by atoms with Gasteiger partial charge >= 0.3 is 0 Å². The van der Waals surface area contributed by atoms with E-state index in [1.807, 2.05) is 6.92 Å². The van der Waals surface area contributed by atoms with Gasteiger partial charge in [-0.05, 0) is 19.8 Å². The predicted molar refractivity (Wildman–Crippen MR) is 62.3 cm³/mol. The lowest BCUT2D eigenvalue weighted by Crippen LogP contribution is -2.33. The van der Waals surface area contributed by atoms with E-state index in [-0.39, 0.29) is 5.38 Å². The molecule has 1 aromatic heterocycles. The Kier molecular flexibility index (Phi) is 3.41. The van der Waals surface area contributed by atoms with Gasteiger partial charge in [0, 0.05) is 18.4 Å².